The molecule has 0 unspecified atom stereocenters. The van der Waals surface area contributed by atoms with Crippen molar-refractivity contribution in [3.8, 4) is 0 Å². The Hall–Kier alpha value is -0.630. The second kappa shape index (κ2) is 2.78. The topological polar surface area (TPSA) is 25.8 Å². The Kier molecular flexibility index (Phi) is 1.78. The average molecular weight is 168 g/mol. The summed E-state index contributed by atoms with van der Waals surface area (Å²) in [5.41, 5.74) is 0.878. The van der Waals surface area contributed by atoms with Crippen LogP contribution in [0.1, 0.15) is 30.3 Å². The van der Waals surface area contributed by atoms with Crippen LogP contribution in [0.5, 0.6) is 0 Å². The Morgan fingerprint density at radius 3 is 3.09 bits per heavy atom. The first-order valence-corrected chi connectivity index (χ1v) is 4.23. The van der Waals surface area contributed by atoms with Gasteiger partial charge in [0.2, 0.25) is 0 Å². The molecule has 0 atom stereocenters. The fourth-order valence-electron chi connectivity index (χ4n) is 0.970. The van der Waals surface area contributed by atoms with Gasteiger partial charge in [0.15, 0.2) is 0 Å². The molecule has 57 valence electrons. The van der Waals surface area contributed by atoms with Crippen LogP contribution in [0, 0.1) is 6.20 Å². The molecule has 0 amide bonds. The second-order valence-electron chi connectivity index (χ2n) is 2.75. The minimum absolute atomic E-state index is 0.457. The van der Waals surface area contributed by atoms with E-state index in [9.17, 15) is 0 Å². The predicted molar refractivity (Wildman–Crippen MR) is 42.4 cm³/mol. The zero-order valence-electron chi connectivity index (χ0n) is 6.05. The molecule has 0 aliphatic heterocycles. The SMILES string of the molecule is ClCc1c[c]nc(C2CC2)n1. The van der Waals surface area contributed by atoms with Gasteiger partial charge in [0.25, 0.3) is 0 Å². The highest BCUT2D eigenvalue weighted by Gasteiger charge is 2.26. The van der Waals surface area contributed by atoms with Crippen molar-refractivity contribution in [3.05, 3.63) is 23.8 Å². The van der Waals surface area contributed by atoms with Gasteiger partial charge in [-0.2, -0.15) is 0 Å². The maximum absolute atomic E-state index is 5.61. The molecule has 2 nitrogen and oxygen atoms in total. The number of hydrogen-bond donors (Lipinski definition) is 0. The van der Waals surface area contributed by atoms with E-state index in [1.54, 1.807) is 6.07 Å². The van der Waals surface area contributed by atoms with E-state index in [0.29, 0.717) is 11.8 Å². The lowest BCUT2D eigenvalue weighted by Gasteiger charge is -1.96. The quantitative estimate of drug-likeness (QED) is 0.629. The molecule has 1 heterocycles. The van der Waals surface area contributed by atoms with E-state index >= 15 is 0 Å². The monoisotopic (exact) mass is 167 g/mol. The Morgan fingerprint density at radius 1 is 1.64 bits per heavy atom. The summed E-state index contributed by atoms with van der Waals surface area (Å²) >= 11 is 5.61. The highest BCUT2D eigenvalue weighted by atomic mass is 35.5. The summed E-state index contributed by atoms with van der Waals surface area (Å²) in [7, 11) is 0. The zero-order chi connectivity index (χ0) is 7.68. The van der Waals surface area contributed by atoms with Gasteiger partial charge in [-0.15, -0.1) is 11.6 Å². The molecule has 1 radical (unpaired) electrons. The number of hydrogen-bond acceptors (Lipinski definition) is 2. The molecule has 2 rings (SSSR count). The van der Waals surface area contributed by atoms with Crippen LogP contribution in [0.2, 0.25) is 0 Å². The first-order valence-electron chi connectivity index (χ1n) is 3.70. The first-order chi connectivity index (χ1) is 5.40. The van der Waals surface area contributed by atoms with Gasteiger partial charge >= 0.3 is 0 Å². The molecule has 1 saturated carbocycles. The normalized spacial score (nSPS) is 16.8. The Bertz CT molecular complexity index is 258. The molecule has 3 heteroatoms. The molecule has 0 aromatic carbocycles. The van der Waals surface area contributed by atoms with E-state index in [1.807, 2.05) is 0 Å². The van der Waals surface area contributed by atoms with Gasteiger partial charge in [0.05, 0.1) is 17.8 Å². The first kappa shape index (κ1) is 7.04. The van der Waals surface area contributed by atoms with Crippen molar-refractivity contribution in [2.75, 3.05) is 0 Å². The van der Waals surface area contributed by atoms with E-state index in [0.717, 1.165) is 11.5 Å². The number of aromatic nitrogens is 2. The standard InChI is InChI=1S/C8H8ClN2/c9-5-7-3-4-10-8(11-7)6-1-2-6/h3,6H,1-2,5H2. The number of halogens is 1. The lowest BCUT2D eigenvalue weighted by molar-refractivity contribution is 0.897. The van der Waals surface area contributed by atoms with E-state index < -0.39 is 0 Å². The minimum Gasteiger partial charge on any atom is -0.236 e. The molecule has 0 N–H and O–H groups in total. The van der Waals surface area contributed by atoms with Gasteiger partial charge in [-0.3, -0.25) is 0 Å². The summed E-state index contributed by atoms with van der Waals surface area (Å²) in [6.07, 6.45) is 5.25. The van der Waals surface area contributed by atoms with Gasteiger partial charge in [-0.1, -0.05) is 0 Å². The molecule has 0 bridgehead atoms. The van der Waals surface area contributed by atoms with Crippen molar-refractivity contribution in [2.24, 2.45) is 0 Å². The Labute approximate surface area is 70.6 Å². The summed E-state index contributed by atoms with van der Waals surface area (Å²) in [6.45, 7) is 0. The number of alkyl halides is 1. The Morgan fingerprint density at radius 2 is 2.45 bits per heavy atom. The molecule has 1 aromatic rings. The van der Waals surface area contributed by atoms with Crippen LogP contribution < -0.4 is 0 Å². The van der Waals surface area contributed by atoms with Gasteiger partial charge in [-0.25, -0.2) is 9.97 Å². The van der Waals surface area contributed by atoms with Crippen molar-refractivity contribution in [2.45, 2.75) is 24.6 Å². The third kappa shape index (κ3) is 1.51. The number of rotatable bonds is 2. The van der Waals surface area contributed by atoms with Gasteiger partial charge in [0, 0.05) is 5.92 Å². The smallest absolute Gasteiger partial charge is 0.132 e. The van der Waals surface area contributed by atoms with Crippen molar-refractivity contribution >= 4 is 11.6 Å². The average Bonchev–Trinajstić information content (AvgIpc) is 2.87. The molecule has 1 aromatic heterocycles. The molecular weight excluding hydrogens is 160 g/mol. The molecule has 1 aliphatic rings. The van der Waals surface area contributed by atoms with Crippen LogP contribution in [-0.2, 0) is 5.88 Å². The second-order valence-corrected chi connectivity index (χ2v) is 3.02. The van der Waals surface area contributed by atoms with Crippen LogP contribution in [0.25, 0.3) is 0 Å². The zero-order valence-corrected chi connectivity index (χ0v) is 6.80. The molecule has 1 fully saturated rings. The van der Waals surface area contributed by atoms with E-state index in [2.05, 4.69) is 16.2 Å². The van der Waals surface area contributed by atoms with E-state index in [-0.39, 0.29) is 0 Å². The molecule has 0 spiro atoms. The molecular formula is C8H8ClN2. The van der Waals surface area contributed by atoms with E-state index in [4.69, 9.17) is 11.6 Å². The summed E-state index contributed by atoms with van der Waals surface area (Å²) in [6, 6.07) is 1.74. The van der Waals surface area contributed by atoms with E-state index in [1.165, 1.54) is 12.8 Å². The van der Waals surface area contributed by atoms with Crippen molar-refractivity contribution in [1.29, 1.82) is 0 Å². The minimum atomic E-state index is 0.457. The third-order valence-corrected chi connectivity index (χ3v) is 2.02. The van der Waals surface area contributed by atoms with Crippen LogP contribution in [0.4, 0.5) is 0 Å². The van der Waals surface area contributed by atoms with Crippen molar-refractivity contribution in [3.63, 3.8) is 0 Å². The molecule has 11 heavy (non-hydrogen) atoms. The predicted octanol–water partition coefficient (Wildman–Crippen LogP) is 1.89. The van der Waals surface area contributed by atoms with Crippen LogP contribution in [0.15, 0.2) is 6.07 Å². The summed E-state index contributed by atoms with van der Waals surface area (Å²) in [4.78, 5) is 8.33. The fourth-order valence-corrected chi connectivity index (χ4v) is 1.11. The Balaban J connectivity index is 2.26. The van der Waals surface area contributed by atoms with Crippen molar-refractivity contribution < 1.29 is 0 Å². The summed E-state index contributed by atoms with van der Waals surface area (Å²) < 4.78 is 0. The highest BCUT2D eigenvalue weighted by molar-refractivity contribution is 6.16. The van der Waals surface area contributed by atoms with Gasteiger partial charge < -0.3 is 0 Å². The van der Waals surface area contributed by atoms with Crippen molar-refractivity contribution in [1.82, 2.24) is 9.97 Å². The summed E-state index contributed by atoms with van der Waals surface area (Å²) in [5.74, 6) is 1.97. The maximum atomic E-state index is 5.61. The number of nitrogens with zero attached hydrogens (tertiary/aromatic N) is 2. The largest absolute Gasteiger partial charge is 0.236 e. The third-order valence-electron chi connectivity index (χ3n) is 1.75. The highest BCUT2D eigenvalue weighted by Crippen LogP contribution is 2.37. The maximum Gasteiger partial charge on any atom is 0.132 e. The summed E-state index contributed by atoms with van der Waals surface area (Å²) in [5, 5.41) is 0. The van der Waals surface area contributed by atoms with Crippen LogP contribution in [0.3, 0.4) is 0 Å². The van der Waals surface area contributed by atoms with Gasteiger partial charge in [0.1, 0.15) is 5.82 Å². The lowest BCUT2D eigenvalue weighted by atomic mass is 10.3. The van der Waals surface area contributed by atoms with Crippen LogP contribution in [-0.4, -0.2) is 9.97 Å². The fraction of sp³-hybridized carbons (Fsp3) is 0.500. The lowest BCUT2D eigenvalue weighted by Crippen LogP contribution is -1.94. The molecule has 1 aliphatic carbocycles. The molecule has 0 saturated heterocycles. The van der Waals surface area contributed by atoms with Gasteiger partial charge in [-0.05, 0) is 18.9 Å². The van der Waals surface area contributed by atoms with Crippen LogP contribution >= 0.6 is 11.6 Å².